The summed E-state index contributed by atoms with van der Waals surface area (Å²) in [5.74, 6) is 0.161. The van der Waals surface area contributed by atoms with Crippen molar-refractivity contribution in [3.63, 3.8) is 0 Å². The summed E-state index contributed by atoms with van der Waals surface area (Å²) in [7, 11) is -4.44. The van der Waals surface area contributed by atoms with Gasteiger partial charge in [0.1, 0.15) is 5.76 Å². The summed E-state index contributed by atoms with van der Waals surface area (Å²) in [6.07, 6.45) is -2.78. The molecule has 0 amide bonds. The molecule has 0 fully saturated rings. The van der Waals surface area contributed by atoms with Gasteiger partial charge in [0.15, 0.2) is 5.82 Å². The minimum Gasteiger partial charge on any atom is -0.360 e. The fourth-order valence-corrected chi connectivity index (χ4v) is 3.37. The quantitative estimate of drug-likeness (QED) is 0.838. The lowest BCUT2D eigenvalue weighted by molar-refractivity contribution is -0.139. The zero-order chi connectivity index (χ0) is 18.0. The van der Waals surface area contributed by atoms with E-state index in [1.165, 1.54) is 19.1 Å². The molecule has 0 unspecified atom stereocenters. The highest BCUT2D eigenvalue weighted by Crippen LogP contribution is 2.35. The molecule has 0 atom stereocenters. The molecule has 0 saturated heterocycles. The van der Waals surface area contributed by atoms with Crippen molar-refractivity contribution >= 4 is 15.8 Å². The van der Waals surface area contributed by atoms with Gasteiger partial charge in [-0.2, -0.15) is 13.2 Å². The van der Waals surface area contributed by atoms with Crippen LogP contribution in [0.5, 0.6) is 0 Å². The summed E-state index contributed by atoms with van der Waals surface area (Å²) < 4.78 is 71.2. The Labute approximate surface area is 137 Å². The molecule has 24 heavy (non-hydrogen) atoms. The number of halogens is 3. The molecule has 0 aliphatic rings. The van der Waals surface area contributed by atoms with Crippen LogP contribution in [-0.4, -0.2) is 13.6 Å². The van der Waals surface area contributed by atoms with Gasteiger partial charge in [-0.05, 0) is 37.5 Å². The fourth-order valence-electron chi connectivity index (χ4n) is 2.18. The summed E-state index contributed by atoms with van der Waals surface area (Å²) in [5.41, 5.74) is -0.746. The van der Waals surface area contributed by atoms with Gasteiger partial charge in [0.25, 0.3) is 10.0 Å². The van der Waals surface area contributed by atoms with Crippen LogP contribution in [-0.2, 0) is 22.6 Å². The van der Waals surface area contributed by atoms with Gasteiger partial charge in [-0.25, -0.2) is 8.42 Å². The molecule has 5 nitrogen and oxygen atoms in total. The number of unbranched alkanes of at least 4 members (excludes halogenated alkanes) is 1. The Morgan fingerprint density at radius 1 is 1.25 bits per heavy atom. The number of nitrogens with one attached hydrogen (secondary N) is 1. The van der Waals surface area contributed by atoms with Gasteiger partial charge in [-0.1, -0.05) is 24.6 Å². The van der Waals surface area contributed by atoms with Gasteiger partial charge in [0.05, 0.1) is 10.5 Å². The minimum absolute atomic E-state index is 0.171. The molecule has 1 heterocycles. The number of rotatable bonds is 6. The van der Waals surface area contributed by atoms with Crippen LogP contribution in [0.25, 0.3) is 0 Å². The number of nitrogens with zero attached hydrogens (tertiary/aromatic N) is 1. The first-order valence-corrected chi connectivity index (χ1v) is 8.78. The molecular formula is C15H17F3N2O3S. The van der Waals surface area contributed by atoms with Gasteiger partial charge in [-0.15, -0.1) is 0 Å². The van der Waals surface area contributed by atoms with Gasteiger partial charge in [0.2, 0.25) is 0 Å². The molecule has 9 heteroatoms. The molecule has 0 radical (unpaired) electrons. The van der Waals surface area contributed by atoms with E-state index >= 15 is 0 Å². The second-order valence-corrected chi connectivity index (χ2v) is 7.01. The number of alkyl halides is 3. The summed E-state index contributed by atoms with van der Waals surface area (Å²) in [6, 6.07) is 4.54. The highest BCUT2D eigenvalue weighted by atomic mass is 32.2. The number of sulfonamides is 1. The predicted molar refractivity (Wildman–Crippen MR) is 82.1 cm³/mol. The third-order valence-corrected chi connectivity index (χ3v) is 4.74. The zero-order valence-electron chi connectivity index (χ0n) is 13.1. The smallest absolute Gasteiger partial charge is 0.360 e. The average Bonchev–Trinajstić information content (AvgIpc) is 2.88. The van der Waals surface area contributed by atoms with E-state index in [2.05, 4.69) is 5.16 Å². The van der Waals surface area contributed by atoms with Crippen molar-refractivity contribution < 1.29 is 26.1 Å². The lowest BCUT2D eigenvalue weighted by Gasteiger charge is -2.15. The second-order valence-electron chi connectivity index (χ2n) is 5.36. The third-order valence-electron chi connectivity index (χ3n) is 3.32. The molecule has 1 aromatic carbocycles. The number of benzene rings is 1. The van der Waals surface area contributed by atoms with Crippen LogP contribution in [0.1, 0.15) is 36.7 Å². The average molecular weight is 362 g/mol. The summed E-state index contributed by atoms with van der Waals surface area (Å²) in [4.78, 5) is -0.837. The summed E-state index contributed by atoms with van der Waals surface area (Å²) in [6.45, 7) is 3.46. The largest absolute Gasteiger partial charge is 0.417 e. The lowest BCUT2D eigenvalue weighted by atomic mass is 10.1. The van der Waals surface area contributed by atoms with Gasteiger partial charge < -0.3 is 4.52 Å². The van der Waals surface area contributed by atoms with Crippen LogP contribution in [0.4, 0.5) is 19.0 Å². The van der Waals surface area contributed by atoms with Gasteiger partial charge >= 0.3 is 6.18 Å². The third kappa shape index (κ3) is 4.28. The van der Waals surface area contributed by atoms with E-state index in [4.69, 9.17) is 4.52 Å². The van der Waals surface area contributed by atoms with Crippen molar-refractivity contribution in [3.8, 4) is 0 Å². The molecule has 2 aromatic rings. The highest BCUT2D eigenvalue weighted by Gasteiger charge is 2.37. The molecular weight excluding hydrogens is 345 g/mol. The molecule has 1 N–H and O–H groups in total. The summed E-state index contributed by atoms with van der Waals surface area (Å²) >= 11 is 0. The van der Waals surface area contributed by atoms with Crippen LogP contribution in [0.2, 0.25) is 0 Å². The predicted octanol–water partition coefficient (Wildman–Crippen LogP) is 4.15. The normalized spacial score (nSPS) is 12.4. The Morgan fingerprint density at radius 2 is 1.96 bits per heavy atom. The first kappa shape index (κ1) is 18.3. The molecule has 0 spiro atoms. The number of aromatic nitrogens is 1. The van der Waals surface area contributed by atoms with Gasteiger partial charge in [0, 0.05) is 6.07 Å². The molecule has 132 valence electrons. The van der Waals surface area contributed by atoms with E-state index in [1.807, 2.05) is 11.6 Å². The highest BCUT2D eigenvalue weighted by molar-refractivity contribution is 7.92. The molecule has 0 aliphatic carbocycles. The van der Waals surface area contributed by atoms with E-state index in [9.17, 15) is 21.6 Å². The van der Waals surface area contributed by atoms with Crippen LogP contribution in [0, 0.1) is 6.92 Å². The second kappa shape index (κ2) is 6.84. The van der Waals surface area contributed by atoms with Gasteiger partial charge in [-0.3, -0.25) is 4.72 Å². The van der Waals surface area contributed by atoms with Crippen LogP contribution in [0.3, 0.4) is 0 Å². The van der Waals surface area contributed by atoms with Crippen molar-refractivity contribution in [1.82, 2.24) is 5.16 Å². The maximum absolute atomic E-state index is 13.3. The van der Waals surface area contributed by atoms with E-state index in [0.29, 0.717) is 17.7 Å². The van der Waals surface area contributed by atoms with Crippen LogP contribution < -0.4 is 4.72 Å². The Hall–Kier alpha value is -2.03. The Kier molecular flexibility index (Phi) is 5.22. The number of hydrogen-bond donors (Lipinski definition) is 1. The van der Waals surface area contributed by atoms with Crippen LogP contribution >= 0.6 is 0 Å². The van der Waals surface area contributed by atoms with Crippen molar-refractivity contribution in [1.29, 1.82) is 0 Å². The van der Waals surface area contributed by atoms with Crippen LogP contribution in [0.15, 0.2) is 33.7 Å². The number of aryl methyl sites for hydroxylation is 2. The molecule has 2 rings (SSSR count). The molecule has 0 saturated carbocycles. The first-order valence-electron chi connectivity index (χ1n) is 7.29. The van der Waals surface area contributed by atoms with E-state index in [-0.39, 0.29) is 5.82 Å². The number of anilines is 1. The van der Waals surface area contributed by atoms with Crippen molar-refractivity contribution in [2.75, 3.05) is 4.72 Å². The fraction of sp³-hybridized carbons (Fsp3) is 0.400. The van der Waals surface area contributed by atoms with E-state index in [0.717, 1.165) is 25.0 Å². The SMILES string of the molecule is CCCCc1ccc(S(=O)(=O)Nc2cc(C)on2)c(C(F)(F)F)c1. The van der Waals surface area contributed by atoms with Crippen molar-refractivity contribution in [2.24, 2.45) is 0 Å². The Bertz CT molecular complexity index is 814. The summed E-state index contributed by atoms with van der Waals surface area (Å²) in [5, 5.41) is 3.43. The maximum Gasteiger partial charge on any atom is 0.417 e. The standard InChI is InChI=1S/C15H17F3N2O3S/c1-3-4-5-11-6-7-13(12(9-11)15(16,17)18)24(21,22)20-14-8-10(2)23-19-14/h6-9H,3-5H2,1-2H3,(H,19,20). The molecule has 1 aromatic heterocycles. The molecule has 0 aliphatic heterocycles. The number of hydrogen-bond acceptors (Lipinski definition) is 4. The van der Waals surface area contributed by atoms with Crippen molar-refractivity contribution in [3.05, 3.63) is 41.2 Å². The van der Waals surface area contributed by atoms with E-state index in [1.54, 1.807) is 0 Å². The molecule has 0 bridgehead atoms. The topological polar surface area (TPSA) is 72.2 Å². The Morgan fingerprint density at radius 3 is 2.50 bits per heavy atom. The monoisotopic (exact) mass is 362 g/mol. The minimum atomic E-state index is -4.79. The van der Waals surface area contributed by atoms with Crippen molar-refractivity contribution in [2.45, 2.75) is 44.2 Å². The lowest BCUT2D eigenvalue weighted by Crippen LogP contribution is -2.19. The zero-order valence-corrected chi connectivity index (χ0v) is 14.0. The Balaban J connectivity index is 2.43. The maximum atomic E-state index is 13.3. The van der Waals surface area contributed by atoms with E-state index < -0.39 is 26.7 Å². The first-order chi connectivity index (χ1) is 11.1.